The number of amides is 2. The molecule has 0 saturated carbocycles. The number of benzene rings is 2. The van der Waals surface area contributed by atoms with E-state index in [9.17, 15) is 14.4 Å². The SMILES string of the molecule is O=C(Cc1ccccc1)ONC(=O)c1cccc(NC(=O)c2cccs2)c1. The van der Waals surface area contributed by atoms with Gasteiger partial charge in [-0.05, 0) is 35.2 Å². The van der Waals surface area contributed by atoms with Gasteiger partial charge in [-0.3, -0.25) is 9.59 Å². The molecule has 0 unspecified atom stereocenters. The quantitative estimate of drug-likeness (QED) is 0.664. The second-order valence-electron chi connectivity index (χ2n) is 5.58. The average Bonchev–Trinajstić information content (AvgIpc) is 3.22. The van der Waals surface area contributed by atoms with E-state index in [0.717, 1.165) is 5.56 Å². The molecule has 3 rings (SSSR count). The summed E-state index contributed by atoms with van der Waals surface area (Å²) in [6, 6.07) is 18.9. The molecule has 1 heterocycles. The number of nitrogens with one attached hydrogen (secondary N) is 2. The third-order valence-corrected chi connectivity index (χ3v) is 4.45. The summed E-state index contributed by atoms with van der Waals surface area (Å²) in [5.74, 6) is -1.41. The van der Waals surface area contributed by atoms with Crippen LogP contribution in [0.3, 0.4) is 0 Å². The lowest BCUT2D eigenvalue weighted by Gasteiger charge is -2.08. The lowest BCUT2D eigenvalue weighted by Crippen LogP contribution is -2.28. The number of hydrogen-bond donors (Lipinski definition) is 2. The third-order valence-electron chi connectivity index (χ3n) is 3.58. The molecule has 2 aromatic carbocycles. The highest BCUT2D eigenvalue weighted by atomic mass is 32.1. The predicted molar refractivity (Wildman–Crippen MR) is 102 cm³/mol. The van der Waals surface area contributed by atoms with E-state index in [1.54, 1.807) is 42.5 Å². The molecule has 3 aromatic rings. The monoisotopic (exact) mass is 380 g/mol. The van der Waals surface area contributed by atoms with Crippen molar-refractivity contribution in [2.24, 2.45) is 0 Å². The number of hydrogen-bond acceptors (Lipinski definition) is 5. The number of rotatable bonds is 5. The topological polar surface area (TPSA) is 84.5 Å². The van der Waals surface area contributed by atoms with E-state index in [1.807, 2.05) is 23.6 Å². The normalized spacial score (nSPS) is 10.1. The molecule has 2 amide bonds. The Kier molecular flexibility index (Phi) is 5.96. The van der Waals surface area contributed by atoms with Gasteiger partial charge in [-0.1, -0.05) is 42.5 Å². The zero-order valence-electron chi connectivity index (χ0n) is 14.2. The largest absolute Gasteiger partial charge is 0.340 e. The van der Waals surface area contributed by atoms with E-state index in [4.69, 9.17) is 4.84 Å². The molecular weight excluding hydrogens is 364 g/mol. The van der Waals surface area contributed by atoms with Crippen molar-refractivity contribution in [1.29, 1.82) is 0 Å². The molecule has 0 bridgehead atoms. The molecule has 136 valence electrons. The Hall–Kier alpha value is -3.45. The van der Waals surface area contributed by atoms with Crippen LogP contribution in [0, 0.1) is 0 Å². The summed E-state index contributed by atoms with van der Waals surface area (Å²) >= 11 is 1.32. The zero-order valence-corrected chi connectivity index (χ0v) is 15.0. The van der Waals surface area contributed by atoms with Gasteiger partial charge in [0.25, 0.3) is 11.8 Å². The lowest BCUT2D eigenvalue weighted by molar-refractivity contribution is -0.148. The van der Waals surface area contributed by atoms with Crippen LogP contribution in [0.2, 0.25) is 0 Å². The standard InChI is InChI=1S/C20H16N2O4S/c23-18(12-14-6-2-1-3-7-14)26-22-19(24)15-8-4-9-16(13-15)21-20(25)17-10-5-11-27-17/h1-11,13H,12H2,(H,21,25)(H,22,24). The lowest BCUT2D eigenvalue weighted by atomic mass is 10.2. The number of carbonyl (C=O) groups excluding carboxylic acids is 3. The first kappa shape index (κ1) is 18.3. The van der Waals surface area contributed by atoms with E-state index in [-0.39, 0.29) is 17.9 Å². The molecule has 0 radical (unpaired) electrons. The van der Waals surface area contributed by atoms with Crippen molar-refractivity contribution >= 4 is 34.8 Å². The minimum Gasteiger partial charge on any atom is -0.340 e. The fourth-order valence-electron chi connectivity index (χ4n) is 2.30. The fraction of sp³-hybridized carbons (Fsp3) is 0.0500. The molecule has 2 N–H and O–H groups in total. The summed E-state index contributed by atoms with van der Waals surface area (Å²) in [5.41, 5.74) is 3.64. The second-order valence-corrected chi connectivity index (χ2v) is 6.53. The van der Waals surface area contributed by atoms with E-state index in [2.05, 4.69) is 10.8 Å². The van der Waals surface area contributed by atoms with E-state index < -0.39 is 11.9 Å². The Labute approximate surface area is 159 Å². The van der Waals surface area contributed by atoms with Gasteiger partial charge < -0.3 is 10.2 Å². The van der Waals surface area contributed by atoms with Crippen LogP contribution in [0.1, 0.15) is 25.6 Å². The molecule has 6 nitrogen and oxygen atoms in total. The first-order valence-corrected chi connectivity index (χ1v) is 8.98. The third kappa shape index (κ3) is 5.26. The van der Waals surface area contributed by atoms with Crippen molar-refractivity contribution in [2.75, 3.05) is 5.32 Å². The van der Waals surface area contributed by atoms with Crippen LogP contribution >= 0.6 is 11.3 Å². The molecule has 0 atom stereocenters. The van der Waals surface area contributed by atoms with Crippen molar-refractivity contribution in [2.45, 2.75) is 6.42 Å². The van der Waals surface area contributed by atoms with E-state index in [0.29, 0.717) is 10.6 Å². The van der Waals surface area contributed by atoms with Gasteiger partial charge >= 0.3 is 5.97 Å². The Morgan fingerprint density at radius 2 is 1.70 bits per heavy atom. The van der Waals surface area contributed by atoms with Crippen LogP contribution in [0.25, 0.3) is 0 Å². The van der Waals surface area contributed by atoms with Crippen LogP contribution in [-0.2, 0) is 16.1 Å². The predicted octanol–water partition coefficient (Wildman–Crippen LogP) is 3.43. The molecule has 0 saturated heterocycles. The molecule has 0 aliphatic rings. The average molecular weight is 380 g/mol. The van der Waals surface area contributed by atoms with Crippen LogP contribution in [0.15, 0.2) is 72.1 Å². The fourth-order valence-corrected chi connectivity index (χ4v) is 2.92. The van der Waals surface area contributed by atoms with Gasteiger partial charge in [-0.25, -0.2) is 4.79 Å². The Bertz CT molecular complexity index is 940. The molecule has 0 aliphatic carbocycles. The minimum atomic E-state index is -0.580. The maximum absolute atomic E-state index is 12.2. The minimum absolute atomic E-state index is 0.0536. The summed E-state index contributed by atoms with van der Waals surface area (Å²) in [5, 5.41) is 4.53. The first-order chi connectivity index (χ1) is 13.1. The molecular formula is C20H16N2O4S. The molecule has 1 aromatic heterocycles. The molecule has 0 fully saturated rings. The van der Waals surface area contributed by atoms with Crippen molar-refractivity contribution in [3.8, 4) is 0 Å². The summed E-state index contributed by atoms with van der Waals surface area (Å²) in [4.78, 5) is 41.4. The highest BCUT2D eigenvalue weighted by Crippen LogP contribution is 2.15. The summed E-state index contributed by atoms with van der Waals surface area (Å²) in [6.07, 6.45) is 0.0536. The number of anilines is 1. The molecule has 27 heavy (non-hydrogen) atoms. The Morgan fingerprint density at radius 1 is 0.889 bits per heavy atom. The summed E-state index contributed by atoms with van der Waals surface area (Å²) in [7, 11) is 0. The second kappa shape index (κ2) is 8.77. The Balaban J connectivity index is 1.55. The van der Waals surface area contributed by atoms with Gasteiger partial charge in [0.2, 0.25) is 0 Å². The highest BCUT2D eigenvalue weighted by molar-refractivity contribution is 7.12. The van der Waals surface area contributed by atoms with Gasteiger partial charge in [0.05, 0.1) is 11.3 Å². The van der Waals surface area contributed by atoms with Crippen molar-refractivity contribution in [1.82, 2.24) is 5.48 Å². The van der Waals surface area contributed by atoms with Gasteiger partial charge in [0.15, 0.2) is 0 Å². The van der Waals surface area contributed by atoms with E-state index in [1.165, 1.54) is 17.4 Å². The van der Waals surface area contributed by atoms with Crippen LogP contribution < -0.4 is 10.8 Å². The van der Waals surface area contributed by atoms with E-state index >= 15 is 0 Å². The van der Waals surface area contributed by atoms with Gasteiger partial charge in [-0.15, -0.1) is 11.3 Å². The van der Waals surface area contributed by atoms with Crippen molar-refractivity contribution in [3.63, 3.8) is 0 Å². The first-order valence-electron chi connectivity index (χ1n) is 8.10. The van der Waals surface area contributed by atoms with Crippen molar-refractivity contribution < 1.29 is 19.2 Å². The maximum Gasteiger partial charge on any atom is 0.336 e. The number of thiophene rings is 1. The molecule has 0 spiro atoms. The summed E-state index contributed by atoms with van der Waals surface area (Å²) < 4.78 is 0. The van der Waals surface area contributed by atoms with Crippen molar-refractivity contribution in [3.05, 3.63) is 88.1 Å². The maximum atomic E-state index is 12.2. The highest BCUT2D eigenvalue weighted by Gasteiger charge is 2.12. The van der Waals surface area contributed by atoms with Gasteiger partial charge in [0.1, 0.15) is 0 Å². The molecule has 0 aliphatic heterocycles. The summed E-state index contributed by atoms with van der Waals surface area (Å²) in [6.45, 7) is 0. The number of hydroxylamine groups is 1. The van der Waals surface area contributed by atoms with Gasteiger partial charge in [-0.2, -0.15) is 5.48 Å². The van der Waals surface area contributed by atoms with Crippen LogP contribution in [0.5, 0.6) is 0 Å². The molecule has 7 heteroatoms. The zero-order chi connectivity index (χ0) is 19.1. The van der Waals surface area contributed by atoms with Crippen LogP contribution in [-0.4, -0.2) is 17.8 Å². The van der Waals surface area contributed by atoms with Gasteiger partial charge in [0, 0.05) is 11.3 Å². The Morgan fingerprint density at radius 3 is 2.44 bits per heavy atom. The smallest absolute Gasteiger partial charge is 0.336 e. The van der Waals surface area contributed by atoms with Crippen LogP contribution in [0.4, 0.5) is 5.69 Å². The number of carbonyl (C=O) groups is 3.